The number of fused-ring (bicyclic) bond motifs is 1. The van der Waals surface area contributed by atoms with Crippen LogP contribution in [0, 0.1) is 6.92 Å². The molecule has 11 heteroatoms. The van der Waals surface area contributed by atoms with Crippen molar-refractivity contribution in [2.75, 3.05) is 24.9 Å². The molecule has 2 amide bonds. The minimum atomic E-state index is -0.881. The number of nitrogens with zero attached hydrogens (tertiary/aromatic N) is 2. The minimum absolute atomic E-state index is 0.0573. The smallest absolute Gasteiger partial charge is 0.337 e. The summed E-state index contributed by atoms with van der Waals surface area (Å²) in [5, 5.41) is 10.5. The molecule has 0 radical (unpaired) electrons. The summed E-state index contributed by atoms with van der Waals surface area (Å²) in [6.45, 7) is 1.81. The van der Waals surface area contributed by atoms with E-state index in [4.69, 9.17) is 21.1 Å². The van der Waals surface area contributed by atoms with Crippen LogP contribution < -0.4 is 10.6 Å². The maximum atomic E-state index is 12.8. The number of hydrogen-bond acceptors (Lipinski definition) is 7. The Hall–Kier alpha value is -4.18. The van der Waals surface area contributed by atoms with E-state index in [0.29, 0.717) is 16.5 Å². The fourth-order valence-corrected chi connectivity index (χ4v) is 4.03. The van der Waals surface area contributed by atoms with Gasteiger partial charge < -0.3 is 20.1 Å². The highest BCUT2D eigenvalue weighted by atomic mass is 35.5. The predicted octanol–water partition coefficient (Wildman–Crippen LogP) is 3.61. The molecule has 0 bridgehead atoms. The highest BCUT2D eigenvalue weighted by molar-refractivity contribution is 6.30. The van der Waals surface area contributed by atoms with Gasteiger partial charge in [-0.25, -0.2) is 14.3 Å². The van der Waals surface area contributed by atoms with Gasteiger partial charge in [0, 0.05) is 16.3 Å². The van der Waals surface area contributed by atoms with Gasteiger partial charge in [-0.3, -0.25) is 9.59 Å². The number of aromatic nitrogens is 2. The Balaban J connectivity index is 1.58. The number of rotatable bonds is 6. The Morgan fingerprint density at radius 1 is 1.06 bits per heavy atom. The second-order valence-electron chi connectivity index (χ2n) is 7.80. The van der Waals surface area contributed by atoms with Crippen LogP contribution >= 0.6 is 11.6 Å². The third-order valence-electron chi connectivity index (χ3n) is 5.50. The monoisotopic (exact) mass is 496 g/mol. The van der Waals surface area contributed by atoms with E-state index in [2.05, 4.69) is 15.7 Å². The number of carbonyl (C=O) groups is 4. The molecule has 0 aliphatic carbocycles. The first-order valence-electron chi connectivity index (χ1n) is 10.5. The molecule has 2 aromatic carbocycles. The fraction of sp³-hybridized carbons (Fsp3) is 0.208. The number of ether oxygens (including phenoxy) is 2. The molecule has 10 nitrogen and oxygen atoms in total. The molecule has 1 aromatic heterocycles. The minimum Gasteiger partial charge on any atom is -0.465 e. The lowest BCUT2D eigenvalue weighted by atomic mass is 10.1. The Bertz CT molecular complexity index is 1310. The average Bonchev–Trinajstić information content (AvgIpc) is 3.31. The van der Waals surface area contributed by atoms with Gasteiger partial charge in [-0.1, -0.05) is 23.7 Å². The lowest BCUT2D eigenvalue weighted by molar-refractivity contribution is -0.123. The molecule has 2 heterocycles. The van der Waals surface area contributed by atoms with Gasteiger partial charge in [0.1, 0.15) is 11.9 Å². The summed E-state index contributed by atoms with van der Waals surface area (Å²) in [6.07, 6.45) is -0.226. The first kappa shape index (κ1) is 24.0. The number of halogens is 1. The summed E-state index contributed by atoms with van der Waals surface area (Å²) >= 11 is 5.98. The zero-order chi connectivity index (χ0) is 25.3. The number of hydrogen-bond donors (Lipinski definition) is 2. The van der Waals surface area contributed by atoms with Crippen LogP contribution in [0.15, 0.2) is 42.5 Å². The quantitative estimate of drug-likeness (QED) is 0.499. The first-order valence-corrected chi connectivity index (χ1v) is 10.9. The summed E-state index contributed by atoms with van der Waals surface area (Å²) < 4.78 is 10.9. The Morgan fingerprint density at radius 3 is 2.23 bits per heavy atom. The van der Waals surface area contributed by atoms with Gasteiger partial charge in [-0.05, 0) is 42.8 Å². The van der Waals surface area contributed by atoms with E-state index in [-0.39, 0.29) is 29.1 Å². The predicted molar refractivity (Wildman–Crippen MR) is 127 cm³/mol. The van der Waals surface area contributed by atoms with Crippen LogP contribution in [0.25, 0.3) is 11.1 Å². The zero-order valence-corrected chi connectivity index (χ0v) is 19.8. The molecule has 3 aromatic rings. The molecule has 2 N–H and O–H groups in total. The summed E-state index contributed by atoms with van der Waals surface area (Å²) in [5.41, 5.74) is 2.54. The van der Waals surface area contributed by atoms with Gasteiger partial charge in [0.05, 0.1) is 37.5 Å². The van der Waals surface area contributed by atoms with Crippen molar-refractivity contribution in [3.8, 4) is 11.1 Å². The van der Waals surface area contributed by atoms with Gasteiger partial charge >= 0.3 is 11.9 Å². The third kappa shape index (κ3) is 4.73. The molecule has 0 fully saturated rings. The zero-order valence-electron chi connectivity index (χ0n) is 19.0. The van der Waals surface area contributed by atoms with Gasteiger partial charge in [0.25, 0.3) is 5.91 Å². The lowest BCUT2D eigenvalue weighted by Gasteiger charge is -2.12. The molecule has 1 unspecified atom stereocenters. The van der Waals surface area contributed by atoms with Crippen LogP contribution in [0.3, 0.4) is 0 Å². The van der Waals surface area contributed by atoms with Crippen LogP contribution in [0.5, 0.6) is 0 Å². The van der Waals surface area contributed by atoms with Crippen LogP contribution in [0.1, 0.15) is 38.9 Å². The Morgan fingerprint density at radius 2 is 1.66 bits per heavy atom. The third-order valence-corrected chi connectivity index (χ3v) is 5.75. The summed E-state index contributed by atoms with van der Waals surface area (Å²) in [4.78, 5) is 49.5. The van der Waals surface area contributed by atoms with Gasteiger partial charge in [-0.15, -0.1) is 0 Å². The number of nitrogens with one attached hydrogen (secondary N) is 2. The van der Waals surface area contributed by atoms with Crippen molar-refractivity contribution in [3.05, 3.63) is 64.3 Å². The van der Waals surface area contributed by atoms with Gasteiger partial charge in [-0.2, -0.15) is 5.10 Å². The highest BCUT2D eigenvalue weighted by Crippen LogP contribution is 2.38. The normalized spacial score (nSPS) is 14.2. The van der Waals surface area contributed by atoms with E-state index in [1.165, 1.54) is 37.1 Å². The van der Waals surface area contributed by atoms with E-state index in [9.17, 15) is 19.2 Å². The molecule has 1 aliphatic rings. The number of esters is 2. The SMILES string of the molecule is COC(=O)c1cc(NC(=O)CC2C(=O)Nc3c(-c4ccc(Cl)cc4)c(C)nn32)cc(C(=O)OC)c1. The molecule has 0 spiro atoms. The van der Waals surface area contributed by atoms with Crippen molar-refractivity contribution in [1.82, 2.24) is 9.78 Å². The first-order chi connectivity index (χ1) is 16.7. The molecule has 180 valence electrons. The van der Waals surface area contributed by atoms with Crippen molar-refractivity contribution in [3.63, 3.8) is 0 Å². The van der Waals surface area contributed by atoms with Crippen molar-refractivity contribution in [2.24, 2.45) is 0 Å². The maximum Gasteiger partial charge on any atom is 0.337 e. The maximum absolute atomic E-state index is 12.8. The fourth-order valence-electron chi connectivity index (χ4n) is 3.90. The highest BCUT2D eigenvalue weighted by Gasteiger charge is 2.36. The van der Waals surface area contributed by atoms with E-state index >= 15 is 0 Å². The molecular formula is C24H21ClN4O6. The molecule has 4 rings (SSSR count). The van der Waals surface area contributed by atoms with E-state index in [0.717, 1.165) is 11.1 Å². The van der Waals surface area contributed by atoms with Crippen molar-refractivity contribution < 1.29 is 28.7 Å². The number of anilines is 2. The largest absolute Gasteiger partial charge is 0.465 e. The van der Waals surface area contributed by atoms with Gasteiger partial charge in [0.2, 0.25) is 5.91 Å². The second-order valence-corrected chi connectivity index (χ2v) is 8.24. The van der Waals surface area contributed by atoms with Crippen molar-refractivity contribution >= 4 is 46.9 Å². The molecular weight excluding hydrogens is 476 g/mol. The van der Waals surface area contributed by atoms with Crippen molar-refractivity contribution in [1.29, 1.82) is 0 Å². The summed E-state index contributed by atoms with van der Waals surface area (Å²) in [7, 11) is 2.40. The lowest BCUT2D eigenvalue weighted by Crippen LogP contribution is -2.24. The Kier molecular flexibility index (Phi) is 6.57. The number of methoxy groups -OCH3 is 2. The number of amides is 2. The number of aryl methyl sites for hydroxylation is 1. The second kappa shape index (κ2) is 9.59. The van der Waals surface area contributed by atoms with Crippen LogP contribution in [-0.4, -0.2) is 47.8 Å². The molecule has 1 aliphatic heterocycles. The molecule has 0 saturated heterocycles. The van der Waals surface area contributed by atoms with Crippen LogP contribution in [0.2, 0.25) is 5.02 Å². The van der Waals surface area contributed by atoms with Crippen LogP contribution in [-0.2, 0) is 19.1 Å². The van der Waals surface area contributed by atoms with Crippen molar-refractivity contribution in [2.45, 2.75) is 19.4 Å². The average molecular weight is 497 g/mol. The topological polar surface area (TPSA) is 129 Å². The van der Waals surface area contributed by atoms with Gasteiger partial charge in [0.15, 0.2) is 0 Å². The van der Waals surface area contributed by atoms with E-state index < -0.39 is 23.9 Å². The van der Waals surface area contributed by atoms with E-state index in [1.54, 1.807) is 12.1 Å². The van der Waals surface area contributed by atoms with Crippen LogP contribution in [0.4, 0.5) is 11.5 Å². The summed E-state index contributed by atoms with van der Waals surface area (Å²) in [6, 6.07) is 10.3. The number of benzene rings is 2. The standard InChI is InChI=1S/C24H21ClN4O6/c1-12-20(13-4-6-16(25)7-5-13)21-27-22(31)18(29(21)28-12)11-19(30)26-17-9-14(23(32)34-2)8-15(10-17)24(33)35-3/h4-10,18H,11H2,1-3H3,(H,26,30)(H,27,31). The summed E-state index contributed by atoms with van der Waals surface area (Å²) in [5.74, 6) is -1.78. The molecule has 35 heavy (non-hydrogen) atoms. The number of carbonyl (C=O) groups excluding carboxylic acids is 4. The van der Waals surface area contributed by atoms with E-state index in [1.807, 2.05) is 19.1 Å². The Labute approximate surface area is 205 Å². The molecule has 1 atom stereocenters. The molecule has 0 saturated carbocycles.